The number of nitrogens with one attached hydrogen (secondary N) is 2. The van der Waals surface area contributed by atoms with Crippen molar-refractivity contribution in [1.29, 1.82) is 0 Å². The Hall–Kier alpha value is -0.260. The highest BCUT2D eigenvalue weighted by Gasteiger charge is 2.20. The molecule has 98 valence electrons. The van der Waals surface area contributed by atoms with Gasteiger partial charge in [0.25, 0.3) is 0 Å². The van der Waals surface area contributed by atoms with Crippen molar-refractivity contribution in [3.8, 4) is 0 Å². The highest BCUT2D eigenvalue weighted by molar-refractivity contribution is 7.90. The van der Waals surface area contributed by atoms with E-state index in [2.05, 4.69) is 0 Å². The van der Waals surface area contributed by atoms with Crippen LogP contribution in [0.25, 0.3) is 0 Å². The predicted molar refractivity (Wildman–Crippen MR) is 57.7 cm³/mol. The largest absolute Gasteiger partial charge is 0.395 e. The molecule has 16 heavy (non-hydrogen) atoms. The average molecular weight is 276 g/mol. The summed E-state index contributed by atoms with van der Waals surface area (Å²) in [5.41, 5.74) is 0. The number of hydrogen-bond donors (Lipinski definition) is 4. The molecule has 0 fully saturated rings. The van der Waals surface area contributed by atoms with Gasteiger partial charge >= 0.3 is 0 Å². The highest BCUT2D eigenvalue weighted by Crippen LogP contribution is 1.93. The van der Waals surface area contributed by atoms with Crippen LogP contribution in [0.2, 0.25) is 0 Å². The van der Waals surface area contributed by atoms with Crippen LogP contribution in [-0.4, -0.2) is 64.9 Å². The SMILES string of the molecule is CS(=O)(=O)NC(CO)CS(=O)(=O)NCCO. The summed E-state index contributed by atoms with van der Waals surface area (Å²) in [6.45, 7) is -1.14. The van der Waals surface area contributed by atoms with Gasteiger partial charge in [0, 0.05) is 6.54 Å². The highest BCUT2D eigenvalue weighted by atomic mass is 32.2. The van der Waals surface area contributed by atoms with Crippen LogP contribution in [-0.2, 0) is 20.0 Å². The van der Waals surface area contributed by atoms with E-state index in [1.807, 2.05) is 9.44 Å². The minimum absolute atomic E-state index is 0.153. The lowest BCUT2D eigenvalue weighted by molar-refractivity contribution is 0.265. The number of rotatable bonds is 8. The number of hydrogen-bond acceptors (Lipinski definition) is 6. The Kier molecular flexibility index (Phi) is 6.36. The average Bonchev–Trinajstić information content (AvgIpc) is 2.11. The third-order valence-electron chi connectivity index (χ3n) is 1.46. The number of sulfonamides is 2. The minimum atomic E-state index is -3.72. The van der Waals surface area contributed by atoms with E-state index in [9.17, 15) is 16.8 Å². The Morgan fingerprint density at radius 3 is 2.12 bits per heavy atom. The maximum Gasteiger partial charge on any atom is 0.213 e. The van der Waals surface area contributed by atoms with Gasteiger partial charge in [0.1, 0.15) is 0 Å². The van der Waals surface area contributed by atoms with Crippen LogP contribution in [0.5, 0.6) is 0 Å². The van der Waals surface area contributed by atoms with Crippen molar-refractivity contribution in [2.45, 2.75) is 6.04 Å². The molecule has 0 aliphatic rings. The van der Waals surface area contributed by atoms with E-state index in [1.165, 1.54) is 0 Å². The summed E-state index contributed by atoms with van der Waals surface area (Å²) >= 11 is 0. The molecule has 0 radical (unpaired) electrons. The lowest BCUT2D eigenvalue weighted by Gasteiger charge is -2.15. The predicted octanol–water partition coefficient (Wildman–Crippen LogP) is -3.19. The van der Waals surface area contributed by atoms with Crippen LogP contribution in [0.1, 0.15) is 0 Å². The van der Waals surface area contributed by atoms with Gasteiger partial charge in [-0.3, -0.25) is 0 Å². The molecule has 0 aromatic carbocycles. The molecule has 4 N–H and O–H groups in total. The van der Waals surface area contributed by atoms with E-state index in [0.29, 0.717) is 0 Å². The molecule has 0 heterocycles. The smallest absolute Gasteiger partial charge is 0.213 e. The van der Waals surface area contributed by atoms with Gasteiger partial charge in [0.2, 0.25) is 20.0 Å². The molecule has 8 nitrogen and oxygen atoms in total. The van der Waals surface area contributed by atoms with Gasteiger partial charge in [-0.15, -0.1) is 0 Å². The summed E-state index contributed by atoms with van der Waals surface area (Å²) in [6.07, 6.45) is 0.865. The molecule has 0 aliphatic heterocycles. The van der Waals surface area contributed by atoms with Crippen molar-refractivity contribution in [3.05, 3.63) is 0 Å². The standard InChI is InChI=1S/C6H16N2O6S2/c1-15(11,12)8-6(4-10)5-16(13,14)7-2-3-9/h6-10H,2-5H2,1H3. The fourth-order valence-corrected chi connectivity index (χ4v) is 3.06. The van der Waals surface area contributed by atoms with Gasteiger partial charge in [-0.05, 0) is 0 Å². The van der Waals surface area contributed by atoms with Crippen molar-refractivity contribution in [2.75, 3.05) is 31.8 Å². The van der Waals surface area contributed by atoms with E-state index in [1.54, 1.807) is 0 Å². The zero-order valence-electron chi connectivity index (χ0n) is 8.75. The van der Waals surface area contributed by atoms with Crippen LogP contribution < -0.4 is 9.44 Å². The second-order valence-corrected chi connectivity index (χ2v) is 6.80. The molecule has 0 amide bonds. The molecular weight excluding hydrogens is 260 g/mol. The molecular formula is C6H16N2O6S2. The molecule has 1 unspecified atom stereocenters. The Bertz CT molecular complexity index is 389. The van der Waals surface area contributed by atoms with Gasteiger partial charge in [-0.1, -0.05) is 0 Å². The maximum atomic E-state index is 11.3. The Morgan fingerprint density at radius 2 is 1.75 bits per heavy atom. The molecule has 0 bridgehead atoms. The normalized spacial score (nSPS) is 14.9. The lowest BCUT2D eigenvalue weighted by atomic mass is 10.4. The van der Waals surface area contributed by atoms with Crippen LogP contribution in [0.4, 0.5) is 0 Å². The molecule has 1 atom stereocenters. The molecule has 0 aromatic heterocycles. The monoisotopic (exact) mass is 276 g/mol. The van der Waals surface area contributed by atoms with Gasteiger partial charge in [0.05, 0.1) is 31.3 Å². The van der Waals surface area contributed by atoms with Crippen LogP contribution in [0.3, 0.4) is 0 Å². The van der Waals surface area contributed by atoms with Gasteiger partial charge < -0.3 is 10.2 Å². The summed E-state index contributed by atoms with van der Waals surface area (Å²) in [5, 5.41) is 17.2. The number of aliphatic hydroxyl groups excluding tert-OH is 2. The molecule has 0 saturated carbocycles. The molecule has 0 rings (SSSR count). The summed E-state index contributed by atoms with van der Waals surface area (Å²) in [4.78, 5) is 0. The first-order chi connectivity index (χ1) is 7.20. The van der Waals surface area contributed by atoms with Crippen LogP contribution >= 0.6 is 0 Å². The van der Waals surface area contributed by atoms with Gasteiger partial charge in [0.15, 0.2) is 0 Å². The third kappa shape index (κ3) is 7.96. The first-order valence-corrected chi connectivity index (χ1v) is 7.91. The summed E-state index contributed by atoms with van der Waals surface area (Å²) < 4.78 is 48.2. The van der Waals surface area contributed by atoms with E-state index in [0.717, 1.165) is 6.26 Å². The first-order valence-electron chi connectivity index (χ1n) is 4.36. The quantitative estimate of drug-likeness (QED) is 0.369. The Labute approximate surface area is 94.8 Å². The lowest BCUT2D eigenvalue weighted by Crippen LogP contribution is -2.44. The van der Waals surface area contributed by atoms with Gasteiger partial charge in [-0.25, -0.2) is 26.3 Å². The fourth-order valence-electron chi connectivity index (χ4n) is 0.952. The Morgan fingerprint density at radius 1 is 1.19 bits per heavy atom. The molecule has 10 heteroatoms. The second-order valence-electron chi connectivity index (χ2n) is 3.17. The molecule has 0 aliphatic carbocycles. The molecule has 0 aromatic rings. The van der Waals surface area contributed by atoms with Crippen molar-refractivity contribution >= 4 is 20.0 Å². The second kappa shape index (κ2) is 6.47. The first kappa shape index (κ1) is 15.7. The number of aliphatic hydroxyl groups is 2. The van der Waals surface area contributed by atoms with Gasteiger partial charge in [-0.2, -0.15) is 0 Å². The summed E-state index contributed by atoms with van der Waals surface area (Å²) in [5.74, 6) is -0.587. The zero-order valence-corrected chi connectivity index (χ0v) is 10.4. The van der Waals surface area contributed by atoms with Crippen molar-refractivity contribution in [2.24, 2.45) is 0 Å². The summed E-state index contributed by atoms with van der Waals surface area (Å²) in [7, 11) is -7.30. The van der Waals surface area contributed by atoms with Crippen molar-refractivity contribution < 1.29 is 27.0 Å². The van der Waals surface area contributed by atoms with E-state index in [4.69, 9.17) is 10.2 Å². The van der Waals surface area contributed by atoms with Crippen molar-refractivity contribution in [1.82, 2.24) is 9.44 Å². The maximum absolute atomic E-state index is 11.3. The molecule has 0 saturated heterocycles. The van der Waals surface area contributed by atoms with E-state index < -0.39 is 38.4 Å². The third-order valence-corrected chi connectivity index (χ3v) is 3.70. The van der Waals surface area contributed by atoms with Crippen LogP contribution in [0, 0.1) is 0 Å². The summed E-state index contributed by atoms with van der Waals surface area (Å²) in [6, 6.07) is -1.11. The minimum Gasteiger partial charge on any atom is -0.395 e. The van der Waals surface area contributed by atoms with Crippen molar-refractivity contribution in [3.63, 3.8) is 0 Å². The van der Waals surface area contributed by atoms with E-state index in [-0.39, 0.29) is 13.2 Å². The van der Waals surface area contributed by atoms with Crippen LogP contribution in [0.15, 0.2) is 0 Å². The Balaban J connectivity index is 4.43. The topological polar surface area (TPSA) is 133 Å². The zero-order chi connectivity index (χ0) is 12.8. The molecule has 0 spiro atoms. The van der Waals surface area contributed by atoms with E-state index >= 15 is 0 Å². The fraction of sp³-hybridized carbons (Fsp3) is 1.00.